The normalized spacial score (nSPS) is 11.6. The van der Waals surface area contributed by atoms with Crippen molar-refractivity contribution in [2.75, 3.05) is 5.32 Å². The Bertz CT molecular complexity index is 710. The van der Waals surface area contributed by atoms with E-state index in [1.54, 1.807) is 30.3 Å². The lowest BCUT2D eigenvalue weighted by Gasteiger charge is -2.12. The number of urea groups is 1. The van der Waals surface area contributed by atoms with E-state index in [-0.39, 0.29) is 4.90 Å². The molecule has 2 rings (SSSR count). The summed E-state index contributed by atoms with van der Waals surface area (Å²) in [4.78, 5) is 23.7. The Kier molecular flexibility index (Phi) is 5.70. The molecule has 0 aromatic heterocycles. The summed E-state index contributed by atoms with van der Waals surface area (Å²) in [5, 5.41) is 3.88. The van der Waals surface area contributed by atoms with Crippen LogP contribution in [0.4, 0.5) is 19.3 Å². The molecular weight excluding hydrogens is 322 g/mol. The van der Waals surface area contributed by atoms with Crippen LogP contribution >= 0.6 is 11.8 Å². The van der Waals surface area contributed by atoms with Crippen molar-refractivity contribution in [3.63, 3.8) is 0 Å². The SMILES string of the molecule is CC(Sc1cc(F)ccc1F)C(=O)NC(=O)Nc1ccccc1. The van der Waals surface area contributed by atoms with Gasteiger partial charge in [0.25, 0.3) is 0 Å². The fourth-order valence-electron chi connectivity index (χ4n) is 1.71. The molecule has 2 aromatic carbocycles. The molecule has 0 aliphatic rings. The van der Waals surface area contributed by atoms with E-state index < -0.39 is 28.8 Å². The van der Waals surface area contributed by atoms with E-state index in [1.807, 2.05) is 0 Å². The first-order valence-electron chi connectivity index (χ1n) is 6.74. The van der Waals surface area contributed by atoms with Crippen LogP contribution in [0.3, 0.4) is 0 Å². The van der Waals surface area contributed by atoms with Crippen molar-refractivity contribution >= 4 is 29.4 Å². The maximum Gasteiger partial charge on any atom is 0.325 e. The average Bonchev–Trinajstić information content (AvgIpc) is 2.51. The smallest absolute Gasteiger partial charge is 0.308 e. The number of rotatable bonds is 4. The molecule has 0 radical (unpaired) electrons. The molecule has 0 spiro atoms. The molecule has 0 aliphatic heterocycles. The van der Waals surface area contributed by atoms with Gasteiger partial charge in [-0.25, -0.2) is 13.6 Å². The summed E-state index contributed by atoms with van der Waals surface area (Å²) in [6.07, 6.45) is 0. The minimum atomic E-state index is -0.771. The number of halogens is 2. The average molecular weight is 336 g/mol. The van der Waals surface area contributed by atoms with Gasteiger partial charge in [0.1, 0.15) is 11.6 Å². The highest BCUT2D eigenvalue weighted by molar-refractivity contribution is 8.00. The Morgan fingerprint density at radius 3 is 2.48 bits per heavy atom. The van der Waals surface area contributed by atoms with Crippen molar-refractivity contribution < 1.29 is 18.4 Å². The van der Waals surface area contributed by atoms with Gasteiger partial charge < -0.3 is 5.32 Å². The number of carbonyl (C=O) groups excluding carboxylic acids is 2. The van der Waals surface area contributed by atoms with E-state index in [9.17, 15) is 18.4 Å². The quantitative estimate of drug-likeness (QED) is 0.835. The Morgan fingerprint density at radius 2 is 1.78 bits per heavy atom. The van der Waals surface area contributed by atoms with Gasteiger partial charge in [0, 0.05) is 10.6 Å². The Hall–Kier alpha value is -2.41. The number of hydrogen-bond acceptors (Lipinski definition) is 3. The first-order chi connectivity index (χ1) is 11.0. The molecular formula is C16H14F2N2O2S. The van der Waals surface area contributed by atoms with Gasteiger partial charge in [0.05, 0.1) is 5.25 Å². The summed E-state index contributed by atoms with van der Waals surface area (Å²) in [5.74, 6) is -1.82. The first kappa shape index (κ1) is 17.0. The summed E-state index contributed by atoms with van der Waals surface area (Å²) in [5.41, 5.74) is 0.536. The molecule has 7 heteroatoms. The second-order valence-electron chi connectivity index (χ2n) is 4.64. The number of nitrogens with one attached hydrogen (secondary N) is 2. The summed E-state index contributed by atoms with van der Waals surface area (Å²) >= 11 is 0.834. The molecule has 120 valence electrons. The van der Waals surface area contributed by atoms with Gasteiger partial charge in [-0.1, -0.05) is 18.2 Å². The molecule has 1 atom stereocenters. The van der Waals surface area contributed by atoms with Gasteiger partial charge in [-0.05, 0) is 37.3 Å². The second-order valence-corrected chi connectivity index (χ2v) is 6.03. The fourth-order valence-corrected chi connectivity index (χ4v) is 2.62. The monoisotopic (exact) mass is 336 g/mol. The molecule has 2 N–H and O–H groups in total. The van der Waals surface area contributed by atoms with Crippen molar-refractivity contribution in [2.45, 2.75) is 17.1 Å². The van der Waals surface area contributed by atoms with Gasteiger partial charge in [-0.3, -0.25) is 10.1 Å². The standard InChI is InChI=1S/C16H14F2N2O2S/c1-10(23-14-9-11(17)7-8-13(14)18)15(21)20-16(22)19-12-5-3-2-4-6-12/h2-10H,1H3,(H2,19,20,21,22). The molecule has 0 saturated carbocycles. The van der Waals surface area contributed by atoms with Gasteiger partial charge in [-0.15, -0.1) is 11.8 Å². The van der Waals surface area contributed by atoms with Crippen LogP contribution in [0.1, 0.15) is 6.92 Å². The molecule has 2 aromatic rings. The highest BCUT2D eigenvalue weighted by Gasteiger charge is 2.19. The van der Waals surface area contributed by atoms with E-state index in [0.717, 1.165) is 30.0 Å². The fraction of sp³-hybridized carbons (Fsp3) is 0.125. The zero-order valence-electron chi connectivity index (χ0n) is 12.2. The van der Waals surface area contributed by atoms with Crippen LogP contribution in [0.2, 0.25) is 0 Å². The number of imide groups is 1. The van der Waals surface area contributed by atoms with Gasteiger partial charge in [-0.2, -0.15) is 0 Å². The van der Waals surface area contributed by atoms with E-state index >= 15 is 0 Å². The molecule has 0 fully saturated rings. The number of amides is 3. The minimum absolute atomic E-state index is 0.0103. The molecule has 1 unspecified atom stereocenters. The van der Waals surface area contributed by atoms with Crippen LogP contribution in [0.5, 0.6) is 0 Å². The zero-order valence-corrected chi connectivity index (χ0v) is 13.0. The predicted octanol–water partition coefficient (Wildman–Crippen LogP) is 3.79. The highest BCUT2D eigenvalue weighted by atomic mass is 32.2. The molecule has 23 heavy (non-hydrogen) atoms. The van der Waals surface area contributed by atoms with Crippen molar-refractivity contribution in [1.82, 2.24) is 5.32 Å². The topological polar surface area (TPSA) is 58.2 Å². The molecule has 0 aliphatic carbocycles. The minimum Gasteiger partial charge on any atom is -0.308 e. The first-order valence-corrected chi connectivity index (χ1v) is 7.62. The molecule has 0 bridgehead atoms. The largest absolute Gasteiger partial charge is 0.325 e. The van der Waals surface area contributed by atoms with Crippen LogP contribution in [0, 0.1) is 11.6 Å². The predicted molar refractivity (Wildman–Crippen MR) is 85.3 cm³/mol. The van der Waals surface area contributed by atoms with Crippen LogP contribution in [-0.4, -0.2) is 17.2 Å². The lowest BCUT2D eigenvalue weighted by Crippen LogP contribution is -2.38. The summed E-state index contributed by atoms with van der Waals surface area (Å²) < 4.78 is 26.7. The Morgan fingerprint density at radius 1 is 1.09 bits per heavy atom. The Balaban J connectivity index is 1.92. The van der Waals surface area contributed by atoms with E-state index in [4.69, 9.17) is 0 Å². The van der Waals surface area contributed by atoms with Crippen LogP contribution < -0.4 is 10.6 Å². The third-order valence-corrected chi connectivity index (χ3v) is 3.97. The van der Waals surface area contributed by atoms with Crippen LogP contribution in [-0.2, 0) is 4.79 Å². The number of para-hydroxylation sites is 1. The van der Waals surface area contributed by atoms with E-state index in [2.05, 4.69) is 10.6 Å². The van der Waals surface area contributed by atoms with Crippen molar-refractivity contribution in [1.29, 1.82) is 0 Å². The molecule has 0 saturated heterocycles. The number of thioether (sulfide) groups is 1. The molecule has 3 amide bonds. The number of anilines is 1. The second kappa shape index (κ2) is 7.73. The van der Waals surface area contributed by atoms with Gasteiger partial charge >= 0.3 is 6.03 Å². The zero-order chi connectivity index (χ0) is 16.8. The highest BCUT2D eigenvalue weighted by Crippen LogP contribution is 2.26. The van der Waals surface area contributed by atoms with Gasteiger partial charge in [0.2, 0.25) is 5.91 Å². The Labute approximate surface area is 136 Å². The lowest BCUT2D eigenvalue weighted by atomic mass is 10.3. The van der Waals surface area contributed by atoms with Crippen molar-refractivity contribution in [3.05, 3.63) is 60.2 Å². The summed E-state index contributed by atoms with van der Waals surface area (Å²) in [6.45, 7) is 1.50. The lowest BCUT2D eigenvalue weighted by molar-refractivity contribution is -0.119. The van der Waals surface area contributed by atoms with E-state index in [1.165, 1.54) is 6.92 Å². The number of benzene rings is 2. The van der Waals surface area contributed by atoms with Gasteiger partial charge in [0.15, 0.2) is 0 Å². The molecule has 4 nitrogen and oxygen atoms in total. The molecule has 0 heterocycles. The maximum atomic E-state index is 13.5. The summed E-state index contributed by atoms with van der Waals surface area (Å²) in [7, 11) is 0. The van der Waals surface area contributed by atoms with Crippen molar-refractivity contribution in [3.8, 4) is 0 Å². The van der Waals surface area contributed by atoms with Crippen LogP contribution in [0.25, 0.3) is 0 Å². The maximum absolute atomic E-state index is 13.5. The third-order valence-electron chi connectivity index (χ3n) is 2.83. The number of hydrogen-bond donors (Lipinski definition) is 2. The number of carbonyl (C=O) groups is 2. The van der Waals surface area contributed by atoms with Crippen LogP contribution in [0.15, 0.2) is 53.4 Å². The summed E-state index contributed by atoms with van der Waals surface area (Å²) in [6, 6.07) is 10.9. The van der Waals surface area contributed by atoms with Crippen molar-refractivity contribution in [2.24, 2.45) is 0 Å². The van der Waals surface area contributed by atoms with E-state index in [0.29, 0.717) is 5.69 Å². The third kappa shape index (κ3) is 5.07.